The number of fused-ring (bicyclic) bond motifs is 1. The molecule has 2 heterocycles. The fraction of sp³-hybridized carbons (Fsp3) is 0.200. The fourth-order valence-electron chi connectivity index (χ4n) is 1.81. The summed E-state index contributed by atoms with van der Waals surface area (Å²) < 4.78 is 1.79. The Balaban J connectivity index is 0.000000149. The van der Waals surface area contributed by atoms with Crippen LogP contribution in [0.5, 0.6) is 0 Å². The molecule has 0 saturated heterocycles. The molecule has 0 radical (unpaired) electrons. The third-order valence-electron chi connectivity index (χ3n) is 2.70. The van der Waals surface area contributed by atoms with Crippen molar-refractivity contribution in [2.24, 2.45) is 7.05 Å². The second kappa shape index (κ2) is 5.45. The number of rotatable bonds is 0. The maximum absolute atomic E-state index is 4.11. The van der Waals surface area contributed by atoms with E-state index in [1.165, 1.54) is 21.9 Å². The first kappa shape index (κ1) is 12.3. The fourth-order valence-corrected chi connectivity index (χ4v) is 1.81. The van der Waals surface area contributed by atoms with Crippen molar-refractivity contribution in [2.75, 3.05) is 0 Å². The molecule has 3 rings (SSSR count). The summed E-state index contributed by atoms with van der Waals surface area (Å²) in [7, 11) is 1.91. The molecule has 3 aromatic rings. The van der Waals surface area contributed by atoms with Gasteiger partial charge in [-0.1, -0.05) is 24.3 Å². The van der Waals surface area contributed by atoms with E-state index in [4.69, 9.17) is 0 Å². The van der Waals surface area contributed by atoms with E-state index in [2.05, 4.69) is 35.2 Å². The number of hydrogen-bond acceptors (Lipinski definition) is 2. The van der Waals surface area contributed by atoms with Crippen LogP contribution in [0.2, 0.25) is 0 Å². The molecule has 3 nitrogen and oxygen atoms in total. The van der Waals surface area contributed by atoms with Gasteiger partial charge in [0.1, 0.15) is 0 Å². The van der Waals surface area contributed by atoms with E-state index >= 15 is 0 Å². The van der Waals surface area contributed by atoms with Gasteiger partial charge in [0.05, 0.1) is 6.20 Å². The SMILES string of the molecule is Cc1cncc2ccccc12.Cc1cnn(C)c1. The zero-order chi connectivity index (χ0) is 13.0. The van der Waals surface area contributed by atoms with Crippen LogP contribution in [-0.4, -0.2) is 14.8 Å². The lowest BCUT2D eigenvalue weighted by Gasteiger charge is -1.98. The first-order valence-electron chi connectivity index (χ1n) is 5.91. The summed E-state index contributed by atoms with van der Waals surface area (Å²) in [5, 5.41) is 6.44. The first-order chi connectivity index (χ1) is 8.66. The molecule has 0 aliphatic rings. The molecule has 1 aromatic carbocycles. The number of nitrogens with zero attached hydrogens (tertiary/aromatic N) is 3. The van der Waals surface area contributed by atoms with E-state index in [-0.39, 0.29) is 0 Å². The lowest BCUT2D eigenvalue weighted by atomic mass is 10.1. The average Bonchev–Trinajstić information content (AvgIpc) is 2.75. The standard InChI is InChI=1S/C10H9N.C5H8N2/c1-8-6-11-7-9-4-2-3-5-10(8)9;1-5-3-6-7(2)4-5/h2-7H,1H3;3-4H,1-2H3. The van der Waals surface area contributed by atoms with Gasteiger partial charge in [0.2, 0.25) is 0 Å². The Bertz CT molecular complexity index is 619. The Morgan fingerprint density at radius 3 is 2.33 bits per heavy atom. The van der Waals surface area contributed by atoms with Gasteiger partial charge in [0.15, 0.2) is 0 Å². The van der Waals surface area contributed by atoms with Crippen molar-refractivity contribution in [3.63, 3.8) is 0 Å². The van der Waals surface area contributed by atoms with E-state index in [0.29, 0.717) is 0 Å². The van der Waals surface area contributed by atoms with Crippen LogP contribution in [0.1, 0.15) is 11.1 Å². The Morgan fingerprint density at radius 1 is 1.00 bits per heavy atom. The molecule has 0 N–H and O–H groups in total. The molecule has 2 aromatic heterocycles. The van der Waals surface area contributed by atoms with Gasteiger partial charge >= 0.3 is 0 Å². The van der Waals surface area contributed by atoms with Gasteiger partial charge in [0.25, 0.3) is 0 Å². The van der Waals surface area contributed by atoms with Crippen molar-refractivity contribution in [1.29, 1.82) is 0 Å². The van der Waals surface area contributed by atoms with Crippen molar-refractivity contribution in [3.05, 3.63) is 60.2 Å². The lowest BCUT2D eigenvalue weighted by Crippen LogP contribution is -1.83. The van der Waals surface area contributed by atoms with Crippen LogP contribution >= 0.6 is 0 Å². The first-order valence-corrected chi connectivity index (χ1v) is 5.91. The van der Waals surface area contributed by atoms with Gasteiger partial charge in [-0.05, 0) is 30.4 Å². The maximum atomic E-state index is 4.11. The highest BCUT2D eigenvalue weighted by atomic mass is 15.2. The van der Waals surface area contributed by atoms with Crippen LogP contribution in [-0.2, 0) is 7.05 Å². The van der Waals surface area contributed by atoms with E-state index in [1.54, 1.807) is 4.68 Å². The number of hydrogen-bond donors (Lipinski definition) is 0. The van der Waals surface area contributed by atoms with Gasteiger partial charge in [-0.2, -0.15) is 5.10 Å². The second-order valence-corrected chi connectivity index (χ2v) is 4.37. The molecule has 0 fully saturated rings. The van der Waals surface area contributed by atoms with Crippen LogP contribution in [0.3, 0.4) is 0 Å². The van der Waals surface area contributed by atoms with Crippen LogP contribution in [0, 0.1) is 13.8 Å². The zero-order valence-electron chi connectivity index (χ0n) is 11.0. The molecule has 0 spiro atoms. The summed E-state index contributed by atoms with van der Waals surface area (Å²) in [6, 6.07) is 8.28. The molecule has 0 aliphatic heterocycles. The molecular formula is C15H17N3. The molecule has 0 saturated carbocycles. The summed E-state index contributed by atoms with van der Waals surface area (Å²) in [6.45, 7) is 4.10. The van der Waals surface area contributed by atoms with Crippen molar-refractivity contribution in [1.82, 2.24) is 14.8 Å². The Morgan fingerprint density at radius 2 is 1.78 bits per heavy atom. The normalized spacial score (nSPS) is 9.94. The summed E-state index contributed by atoms with van der Waals surface area (Å²) in [5.74, 6) is 0. The highest BCUT2D eigenvalue weighted by Crippen LogP contribution is 2.14. The lowest BCUT2D eigenvalue weighted by molar-refractivity contribution is 0.767. The van der Waals surface area contributed by atoms with Gasteiger partial charge < -0.3 is 0 Å². The topological polar surface area (TPSA) is 30.7 Å². The average molecular weight is 239 g/mol. The Kier molecular flexibility index (Phi) is 3.72. The van der Waals surface area contributed by atoms with Crippen molar-refractivity contribution < 1.29 is 0 Å². The zero-order valence-corrected chi connectivity index (χ0v) is 11.0. The summed E-state index contributed by atoms with van der Waals surface area (Å²) in [5.41, 5.74) is 2.45. The van der Waals surface area contributed by atoms with Gasteiger partial charge in [-0.25, -0.2) is 0 Å². The molecule has 3 heteroatoms. The molecular weight excluding hydrogens is 222 g/mol. The predicted octanol–water partition coefficient (Wildman–Crippen LogP) is 3.27. The van der Waals surface area contributed by atoms with Crippen LogP contribution in [0.25, 0.3) is 10.8 Å². The van der Waals surface area contributed by atoms with E-state index in [9.17, 15) is 0 Å². The minimum absolute atomic E-state index is 1.21. The molecule has 0 unspecified atom stereocenters. The molecule has 0 aliphatic carbocycles. The van der Waals surface area contributed by atoms with Crippen molar-refractivity contribution in [2.45, 2.75) is 13.8 Å². The number of pyridine rings is 1. The highest BCUT2D eigenvalue weighted by Gasteiger charge is 1.93. The van der Waals surface area contributed by atoms with Crippen molar-refractivity contribution in [3.8, 4) is 0 Å². The van der Waals surface area contributed by atoms with Crippen LogP contribution in [0.4, 0.5) is 0 Å². The molecule has 0 bridgehead atoms. The number of aromatic nitrogens is 3. The summed E-state index contributed by atoms with van der Waals surface area (Å²) >= 11 is 0. The summed E-state index contributed by atoms with van der Waals surface area (Å²) in [6.07, 6.45) is 7.59. The monoisotopic (exact) mass is 239 g/mol. The quantitative estimate of drug-likeness (QED) is 0.603. The minimum Gasteiger partial charge on any atom is -0.276 e. The minimum atomic E-state index is 1.21. The van der Waals surface area contributed by atoms with Crippen LogP contribution in [0.15, 0.2) is 49.1 Å². The molecule has 0 atom stereocenters. The molecule has 0 amide bonds. The third-order valence-corrected chi connectivity index (χ3v) is 2.70. The second-order valence-electron chi connectivity index (χ2n) is 4.37. The van der Waals surface area contributed by atoms with Gasteiger partial charge in [0, 0.05) is 31.0 Å². The predicted molar refractivity (Wildman–Crippen MR) is 74.4 cm³/mol. The number of benzene rings is 1. The summed E-state index contributed by atoms with van der Waals surface area (Å²) in [4.78, 5) is 4.11. The molecule has 18 heavy (non-hydrogen) atoms. The Hall–Kier alpha value is -2.16. The maximum Gasteiger partial charge on any atom is 0.0518 e. The van der Waals surface area contributed by atoms with Crippen LogP contribution < -0.4 is 0 Å². The number of aryl methyl sites for hydroxylation is 3. The van der Waals surface area contributed by atoms with E-state index in [1.807, 2.05) is 44.8 Å². The van der Waals surface area contributed by atoms with Gasteiger partial charge in [-0.3, -0.25) is 9.67 Å². The Labute approximate surface area is 107 Å². The van der Waals surface area contributed by atoms with E-state index in [0.717, 1.165) is 0 Å². The van der Waals surface area contributed by atoms with Gasteiger partial charge in [-0.15, -0.1) is 0 Å². The molecule has 92 valence electrons. The largest absolute Gasteiger partial charge is 0.276 e. The highest BCUT2D eigenvalue weighted by molar-refractivity contribution is 5.84. The smallest absolute Gasteiger partial charge is 0.0518 e. The third kappa shape index (κ3) is 2.94. The van der Waals surface area contributed by atoms with E-state index < -0.39 is 0 Å². The van der Waals surface area contributed by atoms with Crippen molar-refractivity contribution >= 4 is 10.8 Å².